The third-order valence-corrected chi connectivity index (χ3v) is 5.80. The van der Waals surface area contributed by atoms with Crippen LogP contribution in [0.15, 0.2) is 91.0 Å². The van der Waals surface area contributed by atoms with Crippen molar-refractivity contribution in [2.45, 2.75) is 25.4 Å². The molecule has 4 rings (SSSR count). The lowest BCUT2D eigenvalue weighted by molar-refractivity contribution is -0.139. The third-order valence-electron chi connectivity index (χ3n) is 5.80. The zero-order valence-corrected chi connectivity index (χ0v) is 18.0. The summed E-state index contributed by atoms with van der Waals surface area (Å²) < 4.78 is 11.8. The molecular weight excluding hydrogens is 400 g/mol. The summed E-state index contributed by atoms with van der Waals surface area (Å²) in [6, 6.07) is 26.5. The number of allylic oxidation sites excluding steroid dienone is 1. The SMILES string of the molecule is O=C(O)COc1cccc2c1CCC(C=CCOC(c1ccccc1)c1ccccc1)C2. The van der Waals surface area contributed by atoms with E-state index in [1.807, 2.05) is 48.5 Å². The average Bonchev–Trinajstić information content (AvgIpc) is 2.83. The van der Waals surface area contributed by atoms with Gasteiger partial charge in [-0.25, -0.2) is 4.79 Å². The maximum Gasteiger partial charge on any atom is 0.341 e. The monoisotopic (exact) mass is 428 g/mol. The van der Waals surface area contributed by atoms with E-state index in [2.05, 4.69) is 42.5 Å². The van der Waals surface area contributed by atoms with Gasteiger partial charge in [0.15, 0.2) is 6.61 Å². The van der Waals surface area contributed by atoms with Crippen molar-refractivity contribution in [3.05, 3.63) is 113 Å². The van der Waals surface area contributed by atoms with Crippen LogP contribution in [0.25, 0.3) is 0 Å². The van der Waals surface area contributed by atoms with Crippen molar-refractivity contribution < 1.29 is 19.4 Å². The van der Waals surface area contributed by atoms with Gasteiger partial charge >= 0.3 is 5.97 Å². The first-order chi connectivity index (χ1) is 15.7. The minimum atomic E-state index is -0.955. The second kappa shape index (κ2) is 10.8. The average molecular weight is 429 g/mol. The predicted molar refractivity (Wildman–Crippen MR) is 125 cm³/mol. The molecule has 164 valence electrons. The Balaban J connectivity index is 1.37. The van der Waals surface area contributed by atoms with Crippen LogP contribution >= 0.6 is 0 Å². The van der Waals surface area contributed by atoms with Crippen molar-refractivity contribution in [1.29, 1.82) is 0 Å². The van der Waals surface area contributed by atoms with Crippen LogP contribution < -0.4 is 4.74 Å². The summed E-state index contributed by atoms with van der Waals surface area (Å²) in [7, 11) is 0. The summed E-state index contributed by atoms with van der Waals surface area (Å²) in [5.41, 5.74) is 4.67. The first kappa shape index (κ1) is 21.8. The Morgan fingerprint density at radius 3 is 2.31 bits per heavy atom. The van der Waals surface area contributed by atoms with Crippen molar-refractivity contribution in [2.75, 3.05) is 13.2 Å². The lowest BCUT2D eigenvalue weighted by Gasteiger charge is -2.24. The molecule has 0 saturated carbocycles. The molecule has 0 saturated heterocycles. The molecule has 0 aliphatic heterocycles. The quantitative estimate of drug-likeness (QED) is 0.450. The van der Waals surface area contributed by atoms with Gasteiger partial charge in [-0.1, -0.05) is 84.9 Å². The topological polar surface area (TPSA) is 55.8 Å². The Morgan fingerprint density at radius 2 is 1.66 bits per heavy atom. The molecule has 0 heterocycles. The van der Waals surface area contributed by atoms with Crippen LogP contribution in [0.5, 0.6) is 5.75 Å². The van der Waals surface area contributed by atoms with E-state index in [-0.39, 0.29) is 12.7 Å². The van der Waals surface area contributed by atoms with Gasteiger partial charge in [0.25, 0.3) is 0 Å². The van der Waals surface area contributed by atoms with E-state index in [0.29, 0.717) is 18.3 Å². The van der Waals surface area contributed by atoms with E-state index in [1.165, 1.54) is 5.56 Å². The summed E-state index contributed by atoms with van der Waals surface area (Å²) in [6.45, 7) is 0.237. The van der Waals surface area contributed by atoms with Gasteiger partial charge in [-0.05, 0) is 53.5 Å². The summed E-state index contributed by atoms with van der Waals surface area (Å²) in [5.74, 6) is 0.181. The summed E-state index contributed by atoms with van der Waals surface area (Å²) in [4.78, 5) is 10.8. The molecule has 1 unspecified atom stereocenters. The second-order valence-corrected chi connectivity index (χ2v) is 8.04. The van der Waals surface area contributed by atoms with E-state index in [1.54, 1.807) is 0 Å². The maximum atomic E-state index is 10.8. The number of carboxylic acid groups (broad SMARTS) is 1. The minimum Gasteiger partial charge on any atom is -0.482 e. The van der Waals surface area contributed by atoms with Gasteiger partial charge in [0, 0.05) is 0 Å². The van der Waals surface area contributed by atoms with E-state index in [4.69, 9.17) is 14.6 Å². The van der Waals surface area contributed by atoms with Gasteiger partial charge in [-0.15, -0.1) is 0 Å². The zero-order valence-electron chi connectivity index (χ0n) is 18.0. The minimum absolute atomic E-state index is 0.0944. The van der Waals surface area contributed by atoms with E-state index >= 15 is 0 Å². The molecule has 1 N–H and O–H groups in total. The number of ether oxygens (including phenoxy) is 2. The molecule has 3 aromatic carbocycles. The molecule has 0 fully saturated rings. The Bertz CT molecular complexity index is 1000. The normalized spacial score (nSPS) is 15.6. The number of carboxylic acids is 1. The first-order valence-electron chi connectivity index (χ1n) is 11.0. The van der Waals surface area contributed by atoms with E-state index in [9.17, 15) is 4.79 Å². The Labute approximate surface area is 189 Å². The highest BCUT2D eigenvalue weighted by molar-refractivity contribution is 5.68. The van der Waals surface area contributed by atoms with Gasteiger partial charge in [0.2, 0.25) is 0 Å². The van der Waals surface area contributed by atoms with Crippen LogP contribution in [0.1, 0.15) is 34.8 Å². The van der Waals surface area contributed by atoms with Gasteiger partial charge in [0.05, 0.1) is 6.61 Å². The fraction of sp³-hybridized carbons (Fsp3) is 0.250. The van der Waals surface area contributed by atoms with Crippen LogP contribution in [-0.2, 0) is 22.4 Å². The lowest BCUT2D eigenvalue weighted by Crippen LogP contribution is -2.16. The summed E-state index contributed by atoms with van der Waals surface area (Å²) >= 11 is 0. The largest absolute Gasteiger partial charge is 0.482 e. The van der Waals surface area contributed by atoms with Crippen LogP contribution in [0, 0.1) is 5.92 Å². The number of fused-ring (bicyclic) bond motifs is 1. The molecule has 1 atom stereocenters. The lowest BCUT2D eigenvalue weighted by atomic mass is 9.83. The Morgan fingerprint density at radius 1 is 0.969 bits per heavy atom. The van der Waals surface area contributed by atoms with Crippen LogP contribution in [-0.4, -0.2) is 24.3 Å². The number of rotatable bonds is 9. The molecule has 0 aromatic heterocycles. The maximum absolute atomic E-state index is 10.8. The fourth-order valence-electron chi connectivity index (χ4n) is 4.28. The predicted octanol–water partition coefficient (Wildman–Crippen LogP) is 5.62. The van der Waals surface area contributed by atoms with Crippen LogP contribution in [0.2, 0.25) is 0 Å². The number of carbonyl (C=O) groups is 1. The highest BCUT2D eigenvalue weighted by Gasteiger charge is 2.20. The fourth-order valence-corrected chi connectivity index (χ4v) is 4.28. The Hall–Kier alpha value is -3.37. The molecule has 32 heavy (non-hydrogen) atoms. The van der Waals surface area contributed by atoms with Crippen molar-refractivity contribution in [3.8, 4) is 5.75 Å². The van der Waals surface area contributed by atoms with Gasteiger partial charge in [-0.2, -0.15) is 0 Å². The molecular formula is C28H28O4. The zero-order chi connectivity index (χ0) is 22.2. The summed E-state index contributed by atoms with van der Waals surface area (Å²) in [5, 5.41) is 8.88. The highest BCUT2D eigenvalue weighted by Crippen LogP contribution is 2.33. The molecule has 4 heteroatoms. The molecule has 4 nitrogen and oxygen atoms in total. The Kier molecular flexibility index (Phi) is 7.36. The van der Waals surface area contributed by atoms with Crippen molar-refractivity contribution in [2.24, 2.45) is 5.92 Å². The van der Waals surface area contributed by atoms with E-state index in [0.717, 1.165) is 36.0 Å². The smallest absolute Gasteiger partial charge is 0.341 e. The van der Waals surface area contributed by atoms with E-state index < -0.39 is 5.97 Å². The van der Waals surface area contributed by atoms with Gasteiger partial charge in [-0.3, -0.25) is 0 Å². The van der Waals surface area contributed by atoms with Gasteiger partial charge < -0.3 is 14.6 Å². The molecule has 1 aliphatic rings. The van der Waals surface area contributed by atoms with Crippen molar-refractivity contribution in [1.82, 2.24) is 0 Å². The second-order valence-electron chi connectivity index (χ2n) is 8.04. The molecule has 0 radical (unpaired) electrons. The standard InChI is InChI=1S/C28H28O4/c29-27(30)20-32-26-15-7-14-24-19-21(16-17-25(24)26)9-8-18-31-28(22-10-3-1-4-11-22)23-12-5-2-6-13-23/h1-15,21,28H,16-20H2,(H,29,30). The van der Waals surface area contributed by atoms with Crippen LogP contribution in [0.3, 0.4) is 0 Å². The highest BCUT2D eigenvalue weighted by atomic mass is 16.5. The molecule has 0 spiro atoms. The first-order valence-corrected chi connectivity index (χ1v) is 11.0. The molecule has 3 aromatic rings. The molecule has 0 bridgehead atoms. The van der Waals surface area contributed by atoms with Gasteiger partial charge in [0.1, 0.15) is 11.9 Å². The number of hydrogen-bond acceptors (Lipinski definition) is 3. The number of hydrogen-bond donors (Lipinski definition) is 1. The van der Waals surface area contributed by atoms with Crippen molar-refractivity contribution in [3.63, 3.8) is 0 Å². The molecule has 1 aliphatic carbocycles. The van der Waals surface area contributed by atoms with Crippen molar-refractivity contribution >= 4 is 5.97 Å². The third kappa shape index (κ3) is 5.65. The molecule has 0 amide bonds. The van der Waals surface area contributed by atoms with Crippen LogP contribution in [0.4, 0.5) is 0 Å². The summed E-state index contributed by atoms with van der Waals surface area (Å²) in [6.07, 6.45) is 7.11. The number of benzene rings is 3. The number of aliphatic carboxylic acids is 1.